The van der Waals surface area contributed by atoms with E-state index in [0.29, 0.717) is 19.3 Å². The normalized spacial score (nSPS) is 12.5. The summed E-state index contributed by atoms with van der Waals surface area (Å²) in [5.74, 6) is -0.950. The van der Waals surface area contributed by atoms with Gasteiger partial charge in [-0.3, -0.25) is 14.4 Å². The molecule has 0 bridgehead atoms. The van der Waals surface area contributed by atoms with Gasteiger partial charge in [-0.1, -0.05) is 338 Å². The van der Waals surface area contributed by atoms with Crippen molar-refractivity contribution in [3.05, 3.63) is 72.9 Å². The Morgan fingerprint density at radius 2 is 0.494 bits per heavy atom. The third-order valence-corrected chi connectivity index (χ3v) is 15.7. The predicted octanol–water partition coefficient (Wildman–Crippen LogP) is 24.4. The molecule has 0 rings (SSSR count). The minimum Gasteiger partial charge on any atom is -0.462 e. The van der Waals surface area contributed by atoms with Gasteiger partial charge in [0.1, 0.15) is 13.2 Å². The van der Waals surface area contributed by atoms with Gasteiger partial charge in [0.25, 0.3) is 0 Å². The Labute approximate surface area is 503 Å². The number of carbonyl (C=O) groups is 3. The number of carbonyl (C=O) groups excluding carboxylic acids is 3. The summed E-state index contributed by atoms with van der Waals surface area (Å²) in [5.41, 5.74) is 0. The highest BCUT2D eigenvalue weighted by atomic mass is 16.6. The van der Waals surface area contributed by atoms with Crippen LogP contribution < -0.4 is 0 Å². The highest BCUT2D eigenvalue weighted by molar-refractivity contribution is 5.71. The Bertz CT molecular complexity index is 1490. The summed E-state index contributed by atoms with van der Waals surface area (Å²) in [5, 5.41) is 0. The molecule has 0 aliphatic heterocycles. The Morgan fingerprint density at radius 3 is 0.815 bits per heavy atom. The van der Waals surface area contributed by atoms with Gasteiger partial charge in [-0.25, -0.2) is 0 Å². The molecule has 0 saturated heterocycles. The molecule has 0 aromatic heterocycles. The van der Waals surface area contributed by atoms with Gasteiger partial charge in [-0.2, -0.15) is 0 Å². The van der Waals surface area contributed by atoms with E-state index >= 15 is 0 Å². The highest BCUT2D eigenvalue weighted by Crippen LogP contribution is 2.18. The fraction of sp³-hybridized carbons (Fsp3) is 0.800. The Balaban J connectivity index is 4.16. The highest BCUT2D eigenvalue weighted by Gasteiger charge is 2.19. The van der Waals surface area contributed by atoms with E-state index in [4.69, 9.17) is 14.2 Å². The molecule has 0 fully saturated rings. The van der Waals surface area contributed by atoms with E-state index in [-0.39, 0.29) is 37.5 Å². The van der Waals surface area contributed by atoms with E-state index in [1.807, 2.05) is 0 Å². The van der Waals surface area contributed by atoms with Gasteiger partial charge in [-0.15, -0.1) is 0 Å². The third kappa shape index (κ3) is 67.5. The summed E-state index contributed by atoms with van der Waals surface area (Å²) in [6, 6.07) is 0. The van der Waals surface area contributed by atoms with E-state index in [1.54, 1.807) is 0 Å². The zero-order valence-corrected chi connectivity index (χ0v) is 54.1. The maximum atomic E-state index is 12.9. The minimum atomic E-state index is -0.808. The van der Waals surface area contributed by atoms with Crippen LogP contribution in [0.25, 0.3) is 0 Å². The van der Waals surface area contributed by atoms with Gasteiger partial charge >= 0.3 is 17.9 Å². The molecular weight excluding hydrogens is 997 g/mol. The lowest BCUT2D eigenvalue weighted by Gasteiger charge is -2.18. The van der Waals surface area contributed by atoms with Crippen molar-refractivity contribution in [1.29, 1.82) is 0 Å². The molecule has 1 unspecified atom stereocenters. The van der Waals surface area contributed by atoms with Crippen LogP contribution in [-0.4, -0.2) is 37.2 Å². The first-order valence-corrected chi connectivity index (χ1v) is 35.4. The molecule has 0 aromatic carbocycles. The number of hydrogen-bond donors (Lipinski definition) is 0. The zero-order chi connectivity index (χ0) is 58.5. The molecule has 6 heteroatoms. The van der Waals surface area contributed by atoms with Crippen LogP contribution >= 0.6 is 0 Å². The molecule has 0 aliphatic rings. The molecule has 0 radical (unpaired) electrons. The Morgan fingerprint density at radius 1 is 0.259 bits per heavy atom. The zero-order valence-electron chi connectivity index (χ0n) is 54.1. The monoisotopic (exact) mass is 1130 g/mol. The van der Waals surface area contributed by atoms with Crippen molar-refractivity contribution in [2.75, 3.05) is 13.2 Å². The summed E-state index contributed by atoms with van der Waals surface area (Å²) >= 11 is 0. The maximum absolute atomic E-state index is 12.9. The van der Waals surface area contributed by atoms with E-state index < -0.39 is 6.10 Å². The summed E-state index contributed by atoms with van der Waals surface area (Å²) < 4.78 is 16.9. The van der Waals surface area contributed by atoms with Crippen molar-refractivity contribution in [2.24, 2.45) is 0 Å². The minimum absolute atomic E-state index is 0.0978. The molecule has 0 heterocycles. The van der Waals surface area contributed by atoms with Crippen LogP contribution in [0, 0.1) is 0 Å². The van der Waals surface area contributed by atoms with Crippen molar-refractivity contribution >= 4 is 17.9 Å². The summed E-state index contributed by atoms with van der Waals surface area (Å²) in [7, 11) is 0. The first kappa shape index (κ1) is 77.9. The lowest BCUT2D eigenvalue weighted by molar-refractivity contribution is -0.167. The maximum Gasteiger partial charge on any atom is 0.306 e. The largest absolute Gasteiger partial charge is 0.462 e. The van der Waals surface area contributed by atoms with Crippen molar-refractivity contribution in [2.45, 2.75) is 374 Å². The molecule has 0 N–H and O–H groups in total. The molecule has 1 atom stereocenters. The van der Waals surface area contributed by atoms with Crippen LogP contribution in [0.3, 0.4) is 0 Å². The summed E-state index contributed by atoms with van der Waals surface area (Å²) in [6.45, 7) is 6.51. The quantitative estimate of drug-likeness (QED) is 0.0261. The smallest absolute Gasteiger partial charge is 0.306 e. The fourth-order valence-corrected chi connectivity index (χ4v) is 10.4. The first-order valence-electron chi connectivity index (χ1n) is 35.4. The Kier molecular flexibility index (Phi) is 66.6. The number of unbranched alkanes of at least 4 members (excludes halogenated alkanes) is 42. The number of allylic oxidation sites excluding steroid dienone is 12. The van der Waals surface area contributed by atoms with Crippen LogP contribution in [-0.2, 0) is 28.6 Å². The van der Waals surface area contributed by atoms with E-state index in [2.05, 4.69) is 93.7 Å². The Hall–Kier alpha value is -3.15. The van der Waals surface area contributed by atoms with Gasteiger partial charge < -0.3 is 14.2 Å². The molecule has 0 saturated carbocycles. The predicted molar refractivity (Wildman–Crippen MR) is 353 cm³/mol. The van der Waals surface area contributed by atoms with Crippen LogP contribution in [0.15, 0.2) is 72.9 Å². The average Bonchev–Trinajstić information content (AvgIpc) is 3.46. The van der Waals surface area contributed by atoms with Crippen LogP contribution in [0.2, 0.25) is 0 Å². The summed E-state index contributed by atoms with van der Waals surface area (Å²) in [4.78, 5) is 38.3. The lowest BCUT2D eigenvalue weighted by atomic mass is 10.0. The van der Waals surface area contributed by atoms with Gasteiger partial charge in [0.15, 0.2) is 6.10 Å². The third-order valence-electron chi connectivity index (χ3n) is 15.7. The van der Waals surface area contributed by atoms with Crippen molar-refractivity contribution < 1.29 is 28.6 Å². The van der Waals surface area contributed by atoms with Crippen LogP contribution in [0.1, 0.15) is 367 Å². The van der Waals surface area contributed by atoms with Crippen LogP contribution in [0.4, 0.5) is 0 Å². The average molecular weight is 1130 g/mol. The standard InChI is InChI=1S/C75H134O6/c1-4-7-10-13-16-19-22-25-27-29-30-31-32-33-34-35-36-37-38-39-40-41-42-43-44-46-47-50-53-56-59-62-65-68-74(77)80-71-72(70-79-73(76)67-64-61-58-55-52-49-24-21-18-15-12-9-6-3)81-75(78)69-66-63-60-57-54-51-48-45-28-26-23-20-17-14-11-8-5-2/h8,11,17,20-21,24,26,28,48,51,57,60,72H,4-7,9-10,12-16,18-19,22-23,25,27,29-47,49-50,52-56,58-59,61-71H2,1-3H3/b11-8-,20-17-,24-21-,28-26-,51-48-,60-57-. The molecule has 470 valence electrons. The van der Waals surface area contributed by atoms with Crippen molar-refractivity contribution in [1.82, 2.24) is 0 Å². The second-order valence-corrected chi connectivity index (χ2v) is 23.8. The number of rotatable bonds is 65. The summed E-state index contributed by atoms with van der Waals surface area (Å²) in [6.07, 6.45) is 91.1. The van der Waals surface area contributed by atoms with E-state index in [1.165, 1.54) is 238 Å². The van der Waals surface area contributed by atoms with Gasteiger partial charge in [-0.05, 0) is 83.5 Å². The number of ether oxygens (including phenoxy) is 3. The van der Waals surface area contributed by atoms with Gasteiger partial charge in [0.2, 0.25) is 0 Å². The van der Waals surface area contributed by atoms with E-state index in [0.717, 1.165) is 83.5 Å². The number of esters is 3. The van der Waals surface area contributed by atoms with Gasteiger partial charge in [0, 0.05) is 19.3 Å². The fourth-order valence-electron chi connectivity index (χ4n) is 10.4. The lowest BCUT2D eigenvalue weighted by Crippen LogP contribution is -2.30. The van der Waals surface area contributed by atoms with E-state index in [9.17, 15) is 14.4 Å². The second-order valence-electron chi connectivity index (χ2n) is 23.8. The molecule has 6 nitrogen and oxygen atoms in total. The first-order chi connectivity index (χ1) is 40.0. The van der Waals surface area contributed by atoms with Crippen molar-refractivity contribution in [3.63, 3.8) is 0 Å². The SMILES string of the molecule is CC/C=C\C/C=C\C/C=C\C/C=C\C/C=C\CCCC(=O)OC(COC(=O)CCCCCCC/C=C\CCCCCC)COC(=O)CCCCCCCCCCCCCCCCCCCCCCCCCCCCCCCCCCC. The topological polar surface area (TPSA) is 78.9 Å². The van der Waals surface area contributed by atoms with Crippen molar-refractivity contribution in [3.8, 4) is 0 Å². The molecule has 0 spiro atoms. The molecule has 0 amide bonds. The number of hydrogen-bond acceptors (Lipinski definition) is 6. The molecular formula is C75H134O6. The second kappa shape index (κ2) is 69.3. The van der Waals surface area contributed by atoms with Gasteiger partial charge in [0.05, 0.1) is 0 Å². The molecule has 81 heavy (non-hydrogen) atoms. The molecule has 0 aliphatic carbocycles. The molecule has 0 aromatic rings. The van der Waals surface area contributed by atoms with Crippen LogP contribution in [0.5, 0.6) is 0 Å².